The van der Waals surface area contributed by atoms with Crippen LogP contribution in [0.3, 0.4) is 0 Å². The average Bonchev–Trinajstić information content (AvgIpc) is 2.65. The Morgan fingerprint density at radius 2 is 1.96 bits per heavy atom. The third-order valence-corrected chi connectivity index (χ3v) is 6.56. The topological polar surface area (TPSA) is 72.5 Å². The number of carbonyl (C=O) groups is 1. The van der Waals surface area contributed by atoms with Gasteiger partial charge in [-0.15, -0.1) is 0 Å². The van der Waals surface area contributed by atoms with Gasteiger partial charge in [0.1, 0.15) is 0 Å². The van der Waals surface area contributed by atoms with E-state index in [0.717, 1.165) is 28.7 Å². The Bertz CT molecular complexity index is 1010. The summed E-state index contributed by atoms with van der Waals surface area (Å²) in [6.45, 7) is 1.98. The Labute approximate surface area is 170 Å². The highest BCUT2D eigenvalue weighted by molar-refractivity contribution is 7.89. The van der Waals surface area contributed by atoms with Crippen LogP contribution >= 0.6 is 11.6 Å². The second-order valence-electron chi connectivity index (χ2n) is 6.86. The Kier molecular flexibility index (Phi) is 6.23. The lowest BCUT2D eigenvalue weighted by Gasteiger charge is -2.27. The number of fused-ring (bicyclic) bond motifs is 1. The molecule has 0 aliphatic heterocycles. The van der Waals surface area contributed by atoms with Gasteiger partial charge in [-0.25, -0.2) is 17.9 Å². The van der Waals surface area contributed by atoms with E-state index in [0.29, 0.717) is 17.9 Å². The fourth-order valence-corrected chi connectivity index (χ4v) is 4.87. The number of aryl methyl sites for hydroxylation is 1. The molecule has 0 saturated heterocycles. The van der Waals surface area contributed by atoms with Crippen molar-refractivity contribution in [1.29, 1.82) is 0 Å². The maximum Gasteiger partial charge on any atom is 0.330 e. The number of hydrogen-bond donors (Lipinski definition) is 1. The molecule has 1 N–H and O–H groups in total. The second kappa shape index (κ2) is 8.47. The van der Waals surface area contributed by atoms with Crippen LogP contribution in [0, 0.1) is 6.92 Å². The van der Waals surface area contributed by atoms with Gasteiger partial charge in [0.05, 0.1) is 12.0 Å². The first kappa shape index (κ1) is 20.6. The van der Waals surface area contributed by atoms with Crippen molar-refractivity contribution in [3.05, 3.63) is 69.8 Å². The monoisotopic (exact) mass is 419 g/mol. The van der Waals surface area contributed by atoms with Gasteiger partial charge in [0.2, 0.25) is 10.0 Å². The minimum absolute atomic E-state index is 0.188. The molecule has 0 bridgehead atoms. The molecule has 0 heterocycles. The zero-order valence-electron chi connectivity index (χ0n) is 15.7. The van der Waals surface area contributed by atoms with Gasteiger partial charge in [-0.1, -0.05) is 29.3 Å². The zero-order chi connectivity index (χ0) is 20.3. The molecule has 0 radical (unpaired) electrons. The summed E-state index contributed by atoms with van der Waals surface area (Å²) in [6.07, 6.45) is 5.18. The Morgan fingerprint density at radius 1 is 1.25 bits per heavy atom. The van der Waals surface area contributed by atoms with Crippen LogP contribution in [0.2, 0.25) is 5.02 Å². The number of methoxy groups -OCH3 is 1. The number of sulfonamides is 1. The van der Waals surface area contributed by atoms with Crippen molar-refractivity contribution in [3.8, 4) is 0 Å². The third kappa shape index (κ3) is 4.82. The molecule has 1 atom stereocenters. The standard InChI is InChI=1S/C21H22ClNO4S/c1-14-11-15(3-10-21(24)27-2)20-9-6-18(13-16(20)12-14)23-28(25,26)19-7-4-17(22)5-8-19/h3-5,7-8,10-12,18,23H,6,9,13H2,1-2H3/b10-3+. The molecule has 0 spiro atoms. The van der Waals surface area contributed by atoms with Crippen LogP contribution in [-0.2, 0) is 32.4 Å². The van der Waals surface area contributed by atoms with Gasteiger partial charge in [0.15, 0.2) is 0 Å². The molecule has 0 fully saturated rings. The van der Waals surface area contributed by atoms with Crippen LogP contribution in [0.5, 0.6) is 0 Å². The van der Waals surface area contributed by atoms with E-state index in [-0.39, 0.29) is 10.9 Å². The fourth-order valence-electron chi connectivity index (χ4n) is 3.47. The SMILES string of the molecule is COC(=O)/C=C/c1cc(C)cc2c1CCC(NS(=O)(=O)c1ccc(Cl)cc1)C2. The Balaban J connectivity index is 1.81. The van der Waals surface area contributed by atoms with Crippen molar-refractivity contribution in [2.75, 3.05) is 7.11 Å². The predicted molar refractivity (Wildman–Crippen MR) is 110 cm³/mol. The summed E-state index contributed by atoms with van der Waals surface area (Å²) < 4.78 is 32.8. The van der Waals surface area contributed by atoms with Crippen LogP contribution in [-0.4, -0.2) is 27.5 Å². The Hall–Kier alpha value is -2.15. The highest BCUT2D eigenvalue weighted by Gasteiger charge is 2.25. The van der Waals surface area contributed by atoms with E-state index in [4.69, 9.17) is 11.6 Å². The largest absolute Gasteiger partial charge is 0.466 e. The van der Waals surface area contributed by atoms with Crippen LogP contribution in [0.15, 0.2) is 47.4 Å². The maximum atomic E-state index is 12.7. The van der Waals surface area contributed by atoms with Crippen LogP contribution < -0.4 is 4.72 Å². The lowest BCUT2D eigenvalue weighted by atomic mass is 9.84. The average molecular weight is 420 g/mol. The van der Waals surface area contributed by atoms with Gasteiger partial charge in [-0.05, 0) is 73.2 Å². The third-order valence-electron chi connectivity index (χ3n) is 4.78. The van der Waals surface area contributed by atoms with Crippen LogP contribution in [0.1, 0.15) is 28.7 Å². The smallest absolute Gasteiger partial charge is 0.330 e. The molecule has 28 heavy (non-hydrogen) atoms. The Morgan fingerprint density at radius 3 is 2.64 bits per heavy atom. The summed E-state index contributed by atoms with van der Waals surface area (Å²) in [6, 6.07) is 10.0. The van der Waals surface area contributed by atoms with E-state index in [9.17, 15) is 13.2 Å². The highest BCUT2D eigenvalue weighted by atomic mass is 35.5. The molecule has 2 aromatic rings. The quantitative estimate of drug-likeness (QED) is 0.592. The first-order valence-corrected chi connectivity index (χ1v) is 10.8. The lowest BCUT2D eigenvalue weighted by molar-refractivity contribution is -0.134. The van der Waals surface area contributed by atoms with E-state index in [1.165, 1.54) is 25.3 Å². The van der Waals surface area contributed by atoms with Gasteiger partial charge in [-0.2, -0.15) is 0 Å². The number of nitrogens with one attached hydrogen (secondary N) is 1. The lowest BCUT2D eigenvalue weighted by Crippen LogP contribution is -2.39. The number of hydrogen-bond acceptors (Lipinski definition) is 4. The number of ether oxygens (including phenoxy) is 1. The molecule has 5 nitrogen and oxygen atoms in total. The van der Waals surface area contributed by atoms with Crippen LogP contribution in [0.25, 0.3) is 6.08 Å². The van der Waals surface area contributed by atoms with Gasteiger partial charge < -0.3 is 4.74 Å². The molecular formula is C21H22ClNO4S. The molecule has 1 aliphatic rings. The van der Waals surface area contributed by atoms with E-state index in [1.54, 1.807) is 18.2 Å². The predicted octanol–water partition coefficient (Wildman–Crippen LogP) is 3.67. The van der Waals surface area contributed by atoms with Crippen molar-refractivity contribution in [2.24, 2.45) is 0 Å². The van der Waals surface area contributed by atoms with E-state index in [2.05, 4.69) is 15.5 Å². The number of benzene rings is 2. The fraction of sp³-hybridized carbons (Fsp3) is 0.286. The van der Waals surface area contributed by atoms with Gasteiger partial charge >= 0.3 is 5.97 Å². The highest BCUT2D eigenvalue weighted by Crippen LogP contribution is 2.28. The molecular weight excluding hydrogens is 398 g/mol. The summed E-state index contributed by atoms with van der Waals surface area (Å²) in [4.78, 5) is 11.6. The molecule has 7 heteroatoms. The van der Waals surface area contributed by atoms with Crippen LogP contribution in [0.4, 0.5) is 0 Å². The van der Waals surface area contributed by atoms with Crippen molar-refractivity contribution in [2.45, 2.75) is 37.1 Å². The zero-order valence-corrected chi connectivity index (χ0v) is 17.3. The van der Waals surface area contributed by atoms with E-state index >= 15 is 0 Å². The first-order chi connectivity index (χ1) is 13.3. The number of halogens is 1. The molecule has 2 aromatic carbocycles. The summed E-state index contributed by atoms with van der Waals surface area (Å²) in [7, 11) is -2.27. The molecule has 0 saturated carbocycles. The minimum atomic E-state index is -3.61. The molecule has 1 aliphatic carbocycles. The molecule has 0 aromatic heterocycles. The van der Waals surface area contributed by atoms with Gasteiger partial charge in [0, 0.05) is 17.1 Å². The second-order valence-corrected chi connectivity index (χ2v) is 9.01. The van der Waals surface area contributed by atoms with Crippen molar-refractivity contribution >= 4 is 33.7 Å². The summed E-state index contributed by atoms with van der Waals surface area (Å²) in [5.41, 5.74) is 4.27. The number of carbonyl (C=O) groups excluding carboxylic acids is 1. The van der Waals surface area contributed by atoms with Crippen molar-refractivity contribution < 1.29 is 17.9 Å². The maximum absolute atomic E-state index is 12.7. The molecule has 1 unspecified atom stereocenters. The van der Waals surface area contributed by atoms with E-state index < -0.39 is 16.0 Å². The van der Waals surface area contributed by atoms with Crippen molar-refractivity contribution in [1.82, 2.24) is 4.72 Å². The molecule has 0 amide bonds. The minimum Gasteiger partial charge on any atom is -0.466 e. The van der Waals surface area contributed by atoms with Gasteiger partial charge in [-0.3, -0.25) is 0 Å². The number of rotatable bonds is 5. The summed E-state index contributed by atoms with van der Waals surface area (Å²) in [5, 5.41) is 0.494. The summed E-state index contributed by atoms with van der Waals surface area (Å²) in [5.74, 6) is -0.403. The normalized spacial score (nSPS) is 16.8. The van der Waals surface area contributed by atoms with Gasteiger partial charge in [0.25, 0.3) is 0 Å². The summed E-state index contributed by atoms with van der Waals surface area (Å²) >= 11 is 5.84. The van der Waals surface area contributed by atoms with Crippen molar-refractivity contribution in [3.63, 3.8) is 0 Å². The molecule has 148 valence electrons. The first-order valence-electron chi connectivity index (χ1n) is 8.95. The van der Waals surface area contributed by atoms with E-state index in [1.807, 2.05) is 13.0 Å². The molecule has 3 rings (SSSR count). The number of esters is 1.